The van der Waals surface area contributed by atoms with Gasteiger partial charge < -0.3 is 9.64 Å². The van der Waals surface area contributed by atoms with Gasteiger partial charge in [0.1, 0.15) is 0 Å². The fourth-order valence-corrected chi connectivity index (χ4v) is 2.16. The monoisotopic (exact) mass is 214 g/mol. The van der Waals surface area contributed by atoms with Crippen LogP contribution in [0.4, 0.5) is 0 Å². The quantitative estimate of drug-likeness (QED) is 0.689. The number of ether oxygens (including phenoxy) is 1. The van der Waals surface area contributed by atoms with Crippen LogP contribution in [0.1, 0.15) is 27.7 Å². The first-order valence-corrected chi connectivity index (χ1v) is 6.22. The summed E-state index contributed by atoms with van der Waals surface area (Å²) in [5, 5.41) is 0. The van der Waals surface area contributed by atoms with Gasteiger partial charge >= 0.3 is 0 Å². The van der Waals surface area contributed by atoms with Gasteiger partial charge in [0, 0.05) is 32.7 Å². The SMILES string of the molecule is CCN1CCN(CC(C)OC(C)C)CC1. The van der Waals surface area contributed by atoms with Crippen LogP contribution in [0.5, 0.6) is 0 Å². The molecule has 1 aliphatic heterocycles. The van der Waals surface area contributed by atoms with E-state index in [0.717, 1.165) is 6.54 Å². The van der Waals surface area contributed by atoms with E-state index in [0.29, 0.717) is 12.2 Å². The third-order valence-corrected chi connectivity index (χ3v) is 2.93. The summed E-state index contributed by atoms with van der Waals surface area (Å²) in [6.45, 7) is 15.7. The molecule has 1 rings (SSSR count). The third kappa shape index (κ3) is 4.96. The molecular formula is C12H26N2O. The van der Waals surface area contributed by atoms with E-state index in [1.807, 2.05) is 0 Å². The lowest BCUT2D eigenvalue weighted by atomic mass is 10.2. The van der Waals surface area contributed by atoms with E-state index >= 15 is 0 Å². The number of likely N-dealkylation sites (N-methyl/N-ethyl adjacent to an activating group) is 1. The highest BCUT2D eigenvalue weighted by Crippen LogP contribution is 2.05. The van der Waals surface area contributed by atoms with E-state index in [-0.39, 0.29) is 0 Å². The lowest BCUT2D eigenvalue weighted by Crippen LogP contribution is -2.48. The van der Waals surface area contributed by atoms with Crippen molar-refractivity contribution >= 4 is 0 Å². The van der Waals surface area contributed by atoms with Crippen LogP contribution in [-0.2, 0) is 4.74 Å². The highest BCUT2D eigenvalue weighted by molar-refractivity contribution is 4.72. The smallest absolute Gasteiger partial charge is 0.0677 e. The maximum Gasteiger partial charge on any atom is 0.0677 e. The van der Waals surface area contributed by atoms with Crippen LogP contribution in [-0.4, -0.2) is 61.3 Å². The molecule has 0 radical (unpaired) electrons. The number of rotatable bonds is 5. The number of nitrogens with zero attached hydrogens (tertiary/aromatic N) is 2. The topological polar surface area (TPSA) is 15.7 Å². The van der Waals surface area contributed by atoms with Crippen LogP contribution in [0.3, 0.4) is 0 Å². The minimum atomic E-state index is 0.344. The molecule has 3 heteroatoms. The standard InChI is InChI=1S/C12H26N2O/c1-5-13-6-8-14(9-7-13)10-12(4)15-11(2)3/h11-12H,5-10H2,1-4H3. The molecule has 0 aromatic rings. The minimum Gasteiger partial charge on any atom is -0.375 e. The predicted octanol–water partition coefficient (Wildman–Crippen LogP) is 1.44. The zero-order valence-corrected chi connectivity index (χ0v) is 10.7. The van der Waals surface area contributed by atoms with Crippen LogP contribution >= 0.6 is 0 Å². The van der Waals surface area contributed by atoms with Gasteiger partial charge in [-0.1, -0.05) is 6.92 Å². The molecule has 1 saturated heterocycles. The van der Waals surface area contributed by atoms with E-state index in [4.69, 9.17) is 4.74 Å². The molecule has 15 heavy (non-hydrogen) atoms. The Morgan fingerprint density at radius 3 is 2.00 bits per heavy atom. The summed E-state index contributed by atoms with van der Waals surface area (Å²) in [5.74, 6) is 0. The highest BCUT2D eigenvalue weighted by atomic mass is 16.5. The van der Waals surface area contributed by atoms with Gasteiger partial charge in [-0.2, -0.15) is 0 Å². The van der Waals surface area contributed by atoms with Crippen LogP contribution in [0.15, 0.2) is 0 Å². The molecule has 3 nitrogen and oxygen atoms in total. The largest absolute Gasteiger partial charge is 0.375 e. The molecule has 0 aliphatic carbocycles. The average Bonchev–Trinajstić information content (AvgIpc) is 2.17. The molecule has 1 atom stereocenters. The molecule has 1 heterocycles. The fourth-order valence-electron chi connectivity index (χ4n) is 2.16. The van der Waals surface area contributed by atoms with Crippen molar-refractivity contribution in [2.24, 2.45) is 0 Å². The second kappa shape index (κ2) is 6.46. The Kier molecular flexibility index (Phi) is 5.58. The van der Waals surface area contributed by atoms with Crippen molar-refractivity contribution in [1.82, 2.24) is 9.80 Å². The fraction of sp³-hybridized carbons (Fsp3) is 1.00. The molecule has 0 bridgehead atoms. The second-order valence-electron chi connectivity index (χ2n) is 4.73. The Hall–Kier alpha value is -0.120. The van der Waals surface area contributed by atoms with Crippen molar-refractivity contribution in [3.63, 3.8) is 0 Å². The first kappa shape index (κ1) is 12.9. The van der Waals surface area contributed by atoms with Gasteiger partial charge in [-0.05, 0) is 27.3 Å². The lowest BCUT2D eigenvalue weighted by Gasteiger charge is -2.35. The summed E-state index contributed by atoms with van der Waals surface area (Å²) in [5.41, 5.74) is 0. The Morgan fingerprint density at radius 2 is 1.53 bits per heavy atom. The van der Waals surface area contributed by atoms with Gasteiger partial charge in [0.15, 0.2) is 0 Å². The van der Waals surface area contributed by atoms with Crippen LogP contribution in [0.25, 0.3) is 0 Å². The Morgan fingerprint density at radius 1 is 1.00 bits per heavy atom. The van der Waals surface area contributed by atoms with Gasteiger partial charge in [0.25, 0.3) is 0 Å². The van der Waals surface area contributed by atoms with E-state index in [1.165, 1.54) is 32.7 Å². The first-order chi connectivity index (χ1) is 7.11. The van der Waals surface area contributed by atoms with Crippen molar-refractivity contribution in [3.05, 3.63) is 0 Å². The van der Waals surface area contributed by atoms with Crippen LogP contribution in [0.2, 0.25) is 0 Å². The van der Waals surface area contributed by atoms with Crippen molar-refractivity contribution in [2.45, 2.75) is 39.9 Å². The predicted molar refractivity (Wildman–Crippen MR) is 64.2 cm³/mol. The van der Waals surface area contributed by atoms with Gasteiger partial charge in [0.2, 0.25) is 0 Å². The Bertz CT molecular complexity index is 165. The molecule has 1 aliphatic rings. The molecule has 1 fully saturated rings. The highest BCUT2D eigenvalue weighted by Gasteiger charge is 2.17. The molecule has 90 valence electrons. The maximum absolute atomic E-state index is 5.75. The normalized spacial score (nSPS) is 22.2. The summed E-state index contributed by atoms with van der Waals surface area (Å²) in [7, 11) is 0. The van der Waals surface area contributed by atoms with Gasteiger partial charge in [0.05, 0.1) is 12.2 Å². The molecule has 0 amide bonds. The van der Waals surface area contributed by atoms with Crippen LogP contribution < -0.4 is 0 Å². The van der Waals surface area contributed by atoms with Crippen molar-refractivity contribution in [3.8, 4) is 0 Å². The average molecular weight is 214 g/mol. The van der Waals surface area contributed by atoms with E-state index < -0.39 is 0 Å². The van der Waals surface area contributed by atoms with E-state index in [9.17, 15) is 0 Å². The van der Waals surface area contributed by atoms with Gasteiger partial charge in [-0.15, -0.1) is 0 Å². The summed E-state index contributed by atoms with van der Waals surface area (Å²) >= 11 is 0. The van der Waals surface area contributed by atoms with Gasteiger partial charge in [-0.25, -0.2) is 0 Å². The maximum atomic E-state index is 5.75. The number of hydrogen-bond donors (Lipinski definition) is 0. The molecule has 0 saturated carbocycles. The molecule has 0 aromatic heterocycles. The Labute approximate surface area is 94.4 Å². The molecule has 0 aromatic carbocycles. The lowest BCUT2D eigenvalue weighted by molar-refractivity contribution is -0.00912. The van der Waals surface area contributed by atoms with Crippen LogP contribution in [0, 0.1) is 0 Å². The van der Waals surface area contributed by atoms with Crippen molar-refractivity contribution < 1.29 is 4.74 Å². The minimum absolute atomic E-state index is 0.344. The van der Waals surface area contributed by atoms with Crippen molar-refractivity contribution in [2.75, 3.05) is 39.3 Å². The summed E-state index contributed by atoms with van der Waals surface area (Å²) in [6, 6.07) is 0. The molecule has 0 N–H and O–H groups in total. The summed E-state index contributed by atoms with van der Waals surface area (Å²) < 4.78 is 5.75. The molecule has 1 unspecified atom stereocenters. The first-order valence-electron chi connectivity index (χ1n) is 6.22. The van der Waals surface area contributed by atoms with Gasteiger partial charge in [-0.3, -0.25) is 4.90 Å². The van der Waals surface area contributed by atoms with Crippen molar-refractivity contribution in [1.29, 1.82) is 0 Å². The summed E-state index contributed by atoms with van der Waals surface area (Å²) in [6.07, 6.45) is 0.704. The second-order valence-corrected chi connectivity index (χ2v) is 4.73. The molecule has 0 spiro atoms. The number of piperazine rings is 1. The summed E-state index contributed by atoms with van der Waals surface area (Å²) in [4.78, 5) is 5.02. The zero-order chi connectivity index (χ0) is 11.3. The molecular weight excluding hydrogens is 188 g/mol. The third-order valence-electron chi connectivity index (χ3n) is 2.93. The number of hydrogen-bond acceptors (Lipinski definition) is 3. The van der Waals surface area contributed by atoms with E-state index in [1.54, 1.807) is 0 Å². The Balaban J connectivity index is 2.17. The van der Waals surface area contributed by atoms with E-state index in [2.05, 4.69) is 37.5 Å². The zero-order valence-electron chi connectivity index (χ0n) is 10.7.